The van der Waals surface area contributed by atoms with E-state index in [4.69, 9.17) is 28.4 Å². The van der Waals surface area contributed by atoms with E-state index in [9.17, 15) is 36.7 Å². The molecule has 3 aromatic rings. The molecule has 1 unspecified atom stereocenters. The van der Waals surface area contributed by atoms with Crippen molar-refractivity contribution in [2.24, 2.45) is 0 Å². The molecule has 14 heteroatoms. The predicted molar refractivity (Wildman–Crippen MR) is 189 cm³/mol. The first kappa shape index (κ1) is 43.4. The van der Waals surface area contributed by atoms with Gasteiger partial charge in [-0.05, 0) is 93.3 Å². The Bertz CT molecular complexity index is 1630. The number of benzene rings is 3. The summed E-state index contributed by atoms with van der Waals surface area (Å²) in [6.07, 6.45) is 0.114. The van der Waals surface area contributed by atoms with Crippen LogP contribution in [0.15, 0.2) is 66.7 Å². The maximum absolute atomic E-state index is 14.6. The summed E-state index contributed by atoms with van der Waals surface area (Å²) in [5.41, 5.74) is -0.126. The molecule has 3 rings (SSSR count). The van der Waals surface area contributed by atoms with Crippen LogP contribution in [0.5, 0.6) is 23.0 Å². The van der Waals surface area contributed by atoms with Crippen LogP contribution < -0.4 is 18.9 Å². The van der Waals surface area contributed by atoms with Crippen LogP contribution in [-0.2, 0) is 14.3 Å². The second kappa shape index (κ2) is 22.9. The van der Waals surface area contributed by atoms with Crippen molar-refractivity contribution in [3.8, 4) is 23.0 Å². The van der Waals surface area contributed by atoms with Crippen LogP contribution in [0.3, 0.4) is 0 Å². The second-order valence-corrected chi connectivity index (χ2v) is 12.3. The van der Waals surface area contributed by atoms with Gasteiger partial charge in [-0.2, -0.15) is 13.2 Å². The molecule has 0 aliphatic heterocycles. The van der Waals surface area contributed by atoms with Gasteiger partial charge in [0.15, 0.2) is 17.7 Å². The van der Waals surface area contributed by atoms with Gasteiger partial charge in [0, 0.05) is 25.7 Å². The summed E-state index contributed by atoms with van der Waals surface area (Å²) in [5, 5.41) is 0. The molecule has 10 nitrogen and oxygen atoms in total. The molecular weight excluding hydrogens is 716 g/mol. The fourth-order valence-corrected chi connectivity index (χ4v) is 5.07. The van der Waals surface area contributed by atoms with Crippen molar-refractivity contribution in [3.05, 3.63) is 83.7 Å². The third kappa shape index (κ3) is 15.9. The minimum atomic E-state index is -4.73. The Balaban J connectivity index is 1.44. The number of carbonyl (C=O) groups is 4. The van der Waals surface area contributed by atoms with Crippen molar-refractivity contribution < 1.29 is 65.2 Å². The number of alkyl halides is 3. The first-order valence-electron chi connectivity index (χ1n) is 18.1. The summed E-state index contributed by atoms with van der Waals surface area (Å²) < 4.78 is 85.3. The van der Waals surface area contributed by atoms with Crippen molar-refractivity contribution in [3.63, 3.8) is 0 Å². The van der Waals surface area contributed by atoms with E-state index in [2.05, 4.69) is 6.92 Å². The molecule has 0 bridgehead atoms. The molecule has 0 radical (unpaired) electrons. The number of unbranched alkanes of at least 4 members (excludes halogenated alkanes) is 8. The number of ether oxygens (including phenoxy) is 6. The van der Waals surface area contributed by atoms with Crippen molar-refractivity contribution in [1.29, 1.82) is 0 Å². The summed E-state index contributed by atoms with van der Waals surface area (Å²) in [6, 6.07) is 13.2. The minimum absolute atomic E-state index is 0.00176. The zero-order chi connectivity index (χ0) is 39.3. The molecule has 294 valence electrons. The molecule has 0 heterocycles. The Labute approximate surface area is 312 Å². The summed E-state index contributed by atoms with van der Waals surface area (Å²) in [4.78, 5) is 49.5. The molecule has 0 aromatic heterocycles. The largest absolute Gasteiger partial charge is 0.519 e. The number of carbonyl (C=O) groups excluding carboxylic acids is 4. The van der Waals surface area contributed by atoms with Crippen LogP contribution in [0.1, 0.15) is 112 Å². The Morgan fingerprint density at radius 3 is 1.81 bits per heavy atom. The number of rotatable bonds is 22. The third-order valence-electron chi connectivity index (χ3n) is 7.98. The van der Waals surface area contributed by atoms with Gasteiger partial charge in [-0.3, -0.25) is 4.79 Å². The molecule has 0 amide bonds. The standard InChI is InChI=1S/C40H46F4O10/c1-3-5-6-7-8-9-12-15-36(45)50-32-24-25-34(33(41)27-32)53-39(48)52-31-22-18-28(19-23-31)37(46)51-30-20-16-29(17-21-30)38(47)54-35(40(42,43)44)14-11-10-13-26-49-4-2/h16-25,27,35H,3-15,26H2,1-2H3. The second-order valence-electron chi connectivity index (χ2n) is 12.3. The fraction of sp³-hybridized carbons (Fsp3) is 0.450. The summed E-state index contributed by atoms with van der Waals surface area (Å²) in [7, 11) is 0. The summed E-state index contributed by atoms with van der Waals surface area (Å²) in [5.74, 6) is -3.99. The topological polar surface area (TPSA) is 124 Å². The highest BCUT2D eigenvalue weighted by molar-refractivity contribution is 5.92. The minimum Gasteiger partial charge on any atom is -0.449 e. The highest BCUT2D eigenvalue weighted by Crippen LogP contribution is 2.29. The van der Waals surface area contributed by atoms with E-state index >= 15 is 0 Å². The van der Waals surface area contributed by atoms with Gasteiger partial charge in [-0.15, -0.1) is 0 Å². The average molecular weight is 763 g/mol. The molecule has 0 aliphatic carbocycles. The van der Waals surface area contributed by atoms with Crippen molar-refractivity contribution in [2.75, 3.05) is 13.2 Å². The Morgan fingerprint density at radius 1 is 0.630 bits per heavy atom. The summed E-state index contributed by atoms with van der Waals surface area (Å²) in [6.45, 7) is 4.94. The van der Waals surface area contributed by atoms with Gasteiger partial charge in [0.1, 0.15) is 17.2 Å². The third-order valence-corrected chi connectivity index (χ3v) is 7.98. The smallest absolute Gasteiger partial charge is 0.449 e. The number of hydrogen-bond donors (Lipinski definition) is 0. The molecular formula is C40H46F4O10. The quantitative estimate of drug-likeness (QED) is 0.0321. The lowest BCUT2D eigenvalue weighted by molar-refractivity contribution is -0.206. The predicted octanol–water partition coefficient (Wildman–Crippen LogP) is 10.4. The highest BCUT2D eigenvalue weighted by Gasteiger charge is 2.42. The van der Waals surface area contributed by atoms with Crippen LogP contribution in [0.25, 0.3) is 0 Å². The molecule has 0 fully saturated rings. The first-order chi connectivity index (χ1) is 25.9. The van der Waals surface area contributed by atoms with Crippen LogP contribution >= 0.6 is 0 Å². The van der Waals surface area contributed by atoms with Crippen molar-refractivity contribution in [2.45, 2.75) is 103 Å². The monoisotopic (exact) mass is 762 g/mol. The zero-order valence-electron chi connectivity index (χ0n) is 30.4. The van der Waals surface area contributed by atoms with Crippen molar-refractivity contribution >= 4 is 24.1 Å². The molecule has 54 heavy (non-hydrogen) atoms. The number of halogens is 4. The zero-order valence-corrected chi connectivity index (χ0v) is 30.4. The van der Waals surface area contributed by atoms with Crippen LogP contribution in [0.4, 0.5) is 22.4 Å². The maximum atomic E-state index is 14.6. The Kier molecular flexibility index (Phi) is 18.5. The van der Waals surface area contributed by atoms with Gasteiger partial charge in [0.2, 0.25) is 0 Å². The van der Waals surface area contributed by atoms with Crippen LogP contribution in [0.2, 0.25) is 0 Å². The Hall–Kier alpha value is -4.98. The van der Waals surface area contributed by atoms with Gasteiger partial charge in [-0.1, -0.05) is 51.9 Å². The van der Waals surface area contributed by atoms with E-state index in [1.807, 2.05) is 6.92 Å². The molecule has 0 saturated carbocycles. The van der Waals surface area contributed by atoms with Crippen LogP contribution in [0, 0.1) is 5.82 Å². The normalized spacial score (nSPS) is 11.7. The van der Waals surface area contributed by atoms with E-state index in [-0.39, 0.29) is 47.6 Å². The highest BCUT2D eigenvalue weighted by atomic mass is 19.4. The van der Waals surface area contributed by atoms with Gasteiger partial charge in [0.25, 0.3) is 0 Å². The molecule has 0 aliphatic rings. The molecule has 3 aromatic carbocycles. The molecule has 0 saturated heterocycles. The lowest BCUT2D eigenvalue weighted by Crippen LogP contribution is -2.33. The number of hydrogen-bond acceptors (Lipinski definition) is 10. The maximum Gasteiger partial charge on any atom is 0.519 e. The lowest BCUT2D eigenvalue weighted by Gasteiger charge is -2.20. The van der Waals surface area contributed by atoms with Crippen LogP contribution in [-0.4, -0.2) is 49.6 Å². The van der Waals surface area contributed by atoms with Gasteiger partial charge in [-0.25, -0.2) is 18.8 Å². The number of esters is 3. The van der Waals surface area contributed by atoms with Gasteiger partial charge >= 0.3 is 30.2 Å². The summed E-state index contributed by atoms with van der Waals surface area (Å²) >= 11 is 0. The average Bonchev–Trinajstić information content (AvgIpc) is 3.13. The Morgan fingerprint density at radius 2 is 1.20 bits per heavy atom. The van der Waals surface area contributed by atoms with Gasteiger partial charge < -0.3 is 28.4 Å². The first-order valence-corrected chi connectivity index (χ1v) is 18.1. The van der Waals surface area contributed by atoms with E-state index in [0.717, 1.165) is 37.8 Å². The molecule has 0 spiro atoms. The fourth-order valence-electron chi connectivity index (χ4n) is 5.07. The van der Waals surface area contributed by atoms with Crippen molar-refractivity contribution in [1.82, 2.24) is 0 Å². The van der Waals surface area contributed by atoms with E-state index in [1.54, 1.807) is 0 Å². The van der Waals surface area contributed by atoms with E-state index in [1.165, 1.54) is 67.4 Å². The van der Waals surface area contributed by atoms with E-state index in [0.29, 0.717) is 32.5 Å². The lowest BCUT2D eigenvalue weighted by atomic mass is 10.1. The SMILES string of the molecule is CCCCCCCCCC(=O)Oc1ccc(OC(=O)Oc2ccc(C(=O)Oc3ccc(C(=O)OC(CCCCCOCC)C(F)(F)F)cc3)cc2)c(F)c1. The van der Waals surface area contributed by atoms with Gasteiger partial charge in [0.05, 0.1) is 11.1 Å². The van der Waals surface area contributed by atoms with E-state index < -0.39 is 47.9 Å². The molecule has 0 N–H and O–H groups in total. The molecule has 1 atom stereocenters.